The number of rotatable bonds is 7. The fraction of sp³-hybridized carbons (Fsp3) is 0.364. The predicted molar refractivity (Wildman–Crippen MR) is 106 cm³/mol. The highest BCUT2D eigenvalue weighted by atomic mass is 19.1. The molecule has 0 atom stereocenters. The minimum absolute atomic E-state index is 0.0191. The van der Waals surface area contributed by atoms with Crippen LogP contribution in [0.1, 0.15) is 12.5 Å². The molecule has 1 saturated heterocycles. The first-order valence-electron chi connectivity index (χ1n) is 9.71. The third-order valence-electron chi connectivity index (χ3n) is 4.75. The number of nitrogens with zero attached hydrogens (tertiary/aromatic N) is 2. The van der Waals surface area contributed by atoms with Crippen molar-refractivity contribution in [2.24, 2.45) is 0 Å². The average molecular weight is 400 g/mol. The van der Waals surface area contributed by atoms with Gasteiger partial charge in [-0.25, -0.2) is 4.39 Å². The average Bonchev–Trinajstić information content (AvgIpc) is 2.75. The summed E-state index contributed by atoms with van der Waals surface area (Å²) in [6.45, 7) is 4.37. The van der Waals surface area contributed by atoms with Crippen LogP contribution in [0, 0.1) is 5.82 Å². The Kier molecular flexibility index (Phi) is 7.05. The summed E-state index contributed by atoms with van der Waals surface area (Å²) >= 11 is 0. The summed E-state index contributed by atoms with van der Waals surface area (Å²) in [5, 5.41) is 0. The monoisotopic (exact) mass is 400 g/mol. The molecule has 3 rings (SSSR count). The maximum absolute atomic E-state index is 13.0. The smallest absolute Gasteiger partial charge is 0.260 e. The molecule has 0 aliphatic carbocycles. The first-order valence-corrected chi connectivity index (χ1v) is 9.71. The predicted octanol–water partition coefficient (Wildman–Crippen LogP) is 2.52. The van der Waals surface area contributed by atoms with E-state index in [9.17, 15) is 14.0 Å². The molecule has 0 unspecified atom stereocenters. The molecule has 2 amide bonds. The molecule has 1 heterocycles. The van der Waals surface area contributed by atoms with Crippen LogP contribution >= 0.6 is 0 Å². The summed E-state index contributed by atoms with van der Waals surface area (Å²) in [4.78, 5) is 28.2. The summed E-state index contributed by atoms with van der Waals surface area (Å²) in [7, 11) is 0. The summed E-state index contributed by atoms with van der Waals surface area (Å²) in [5.74, 6) is 0.919. The minimum atomic E-state index is -0.319. The van der Waals surface area contributed by atoms with Crippen molar-refractivity contribution < 1.29 is 23.5 Å². The van der Waals surface area contributed by atoms with Gasteiger partial charge in [0.1, 0.15) is 17.3 Å². The minimum Gasteiger partial charge on any atom is -0.494 e. The van der Waals surface area contributed by atoms with E-state index in [1.54, 1.807) is 46.2 Å². The van der Waals surface area contributed by atoms with Gasteiger partial charge in [0.15, 0.2) is 6.61 Å². The fourth-order valence-electron chi connectivity index (χ4n) is 3.13. The van der Waals surface area contributed by atoms with Crippen LogP contribution in [0.3, 0.4) is 0 Å². The Balaban J connectivity index is 1.41. The Morgan fingerprint density at radius 3 is 1.90 bits per heavy atom. The summed E-state index contributed by atoms with van der Waals surface area (Å²) < 4.78 is 23.9. The van der Waals surface area contributed by atoms with E-state index in [-0.39, 0.29) is 30.7 Å². The van der Waals surface area contributed by atoms with Gasteiger partial charge in [-0.05, 0) is 48.9 Å². The van der Waals surface area contributed by atoms with Gasteiger partial charge < -0.3 is 19.3 Å². The molecule has 1 aliphatic heterocycles. The van der Waals surface area contributed by atoms with E-state index in [1.165, 1.54) is 12.1 Å². The molecule has 154 valence electrons. The molecule has 2 aromatic rings. The van der Waals surface area contributed by atoms with Crippen molar-refractivity contribution in [1.29, 1.82) is 0 Å². The molecule has 0 radical (unpaired) electrons. The Labute approximate surface area is 169 Å². The highest BCUT2D eigenvalue weighted by Crippen LogP contribution is 2.17. The van der Waals surface area contributed by atoms with Gasteiger partial charge in [0.05, 0.1) is 13.0 Å². The lowest BCUT2D eigenvalue weighted by atomic mass is 10.1. The van der Waals surface area contributed by atoms with Gasteiger partial charge in [-0.15, -0.1) is 0 Å². The quantitative estimate of drug-likeness (QED) is 0.717. The molecular formula is C22H25FN2O4. The Hall–Kier alpha value is -3.09. The lowest BCUT2D eigenvalue weighted by molar-refractivity contribution is -0.140. The van der Waals surface area contributed by atoms with E-state index in [0.717, 1.165) is 11.3 Å². The molecule has 6 nitrogen and oxygen atoms in total. The molecule has 0 N–H and O–H groups in total. The molecule has 29 heavy (non-hydrogen) atoms. The number of halogens is 1. The zero-order chi connectivity index (χ0) is 20.6. The number of hydrogen-bond donors (Lipinski definition) is 0. The van der Waals surface area contributed by atoms with Crippen molar-refractivity contribution in [2.45, 2.75) is 13.3 Å². The third-order valence-corrected chi connectivity index (χ3v) is 4.75. The normalized spacial score (nSPS) is 13.9. The lowest BCUT2D eigenvalue weighted by Crippen LogP contribution is -2.52. The first kappa shape index (κ1) is 20.6. The van der Waals surface area contributed by atoms with Crippen LogP contribution in [0.2, 0.25) is 0 Å². The molecule has 0 saturated carbocycles. The standard InChI is InChI=1S/C22H25FN2O4/c1-2-28-19-7-9-20(10-8-19)29-16-22(27)25-13-11-24(12-14-25)21(26)15-17-3-5-18(23)6-4-17/h3-10H,2,11-16H2,1H3. The van der Waals surface area contributed by atoms with E-state index >= 15 is 0 Å². The third kappa shape index (κ3) is 5.94. The van der Waals surface area contributed by atoms with E-state index in [4.69, 9.17) is 9.47 Å². The van der Waals surface area contributed by atoms with Crippen molar-refractivity contribution in [3.63, 3.8) is 0 Å². The number of ether oxygens (including phenoxy) is 2. The van der Waals surface area contributed by atoms with Gasteiger partial charge in [0, 0.05) is 26.2 Å². The number of hydrogen-bond acceptors (Lipinski definition) is 4. The van der Waals surface area contributed by atoms with Crippen LogP contribution in [-0.2, 0) is 16.0 Å². The first-order chi connectivity index (χ1) is 14.0. The lowest BCUT2D eigenvalue weighted by Gasteiger charge is -2.34. The van der Waals surface area contributed by atoms with Gasteiger partial charge in [-0.3, -0.25) is 9.59 Å². The van der Waals surface area contributed by atoms with E-state index in [1.807, 2.05) is 6.92 Å². The molecule has 7 heteroatoms. The number of benzene rings is 2. The maximum Gasteiger partial charge on any atom is 0.260 e. The van der Waals surface area contributed by atoms with Gasteiger partial charge in [0.2, 0.25) is 5.91 Å². The zero-order valence-electron chi connectivity index (χ0n) is 16.5. The molecular weight excluding hydrogens is 375 g/mol. The number of carbonyl (C=O) groups excluding carboxylic acids is 2. The summed E-state index contributed by atoms with van der Waals surface area (Å²) in [6.07, 6.45) is 0.231. The molecule has 0 bridgehead atoms. The molecule has 1 aliphatic rings. The zero-order valence-corrected chi connectivity index (χ0v) is 16.5. The number of piperazine rings is 1. The summed E-state index contributed by atoms with van der Waals surface area (Å²) in [6, 6.07) is 13.1. The van der Waals surface area contributed by atoms with E-state index in [2.05, 4.69) is 0 Å². The topological polar surface area (TPSA) is 59.1 Å². The molecule has 0 aromatic heterocycles. The fourth-order valence-corrected chi connectivity index (χ4v) is 3.13. The Bertz CT molecular complexity index is 816. The second-order valence-electron chi connectivity index (χ2n) is 6.76. The summed E-state index contributed by atoms with van der Waals surface area (Å²) in [5.41, 5.74) is 0.777. The molecule has 1 fully saturated rings. The van der Waals surface area contributed by atoms with E-state index < -0.39 is 0 Å². The Morgan fingerprint density at radius 1 is 0.828 bits per heavy atom. The number of amides is 2. The van der Waals surface area contributed by atoms with Crippen molar-refractivity contribution in [3.05, 3.63) is 59.9 Å². The van der Waals surface area contributed by atoms with Crippen molar-refractivity contribution in [2.75, 3.05) is 39.4 Å². The van der Waals surface area contributed by atoms with Crippen LogP contribution in [0.15, 0.2) is 48.5 Å². The van der Waals surface area contributed by atoms with Gasteiger partial charge >= 0.3 is 0 Å². The van der Waals surface area contributed by atoms with Gasteiger partial charge in [0.25, 0.3) is 5.91 Å². The van der Waals surface area contributed by atoms with Crippen LogP contribution in [0.25, 0.3) is 0 Å². The SMILES string of the molecule is CCOc1ccc(OCC(=O)N2CCN(C(=O)Cc3ccc(F)cc3)CC2)cc1. The van der Waals surface area contributed by atoms with Gasteiger partial charge in [-0.2, -0.15) is 0 Å². The van der Waals surface area contributed by atoms with E-state index in [0.29, 0.717) is 38.5 Å². The van der Waals surface area contributed by atoms with Crippen LogP contribution in [0.5, 0.6) is 11.5 Å². The van der Waals surface area contributed by atoms with Gasteiger partial charge in [-0.1, -0.05) is 12.1 Å². The number of carbonyl (C=O) groups is 2. The highest BCUT2D eigenvalue weighted by molar-refractivity contribution is 5.80. The van der Waals surface area contributed by atoms with Crippen LogP contribution in [0.4, 0.5) is 4.39 Å². The Morgan fingerprint density at radius 2 is 1.34 bits per heavy atom. The second-order valence-corrected chi connectivity index (χ2v) is 6.76. The van der Waals surface area contributed by atoms with Crippen LogP contribution < -0.4 is 9.47 Å². The van der Waals surface area contributed by atoms with Crippen molar-refractivity contribution in [3.8, 4) is 11.5 Å². The molecule has 2 aromatic carbocycles. The van der Waals surface area contributed by atoms with Crippen molar-refractivity contribution >= 4 is 11.8 Å². The second kappa shape index (κ2) is 9.91. The molecule has 0 spiro atoms. The maximum atomic E-state index is 13.0. The largest absolute Gasteiger partial charge is 0.494 e. The highest BCUT2D eigenvalue weighted by Gasteiger charge is 2.24. The van der Waals surface area contributed by atoms with Crippen molar-refractivity contribution in [1.82, 2.24) is 9.80 Å². The van der Waals surface area contributed by atoms with Crippen LogP contribution in [-0.4, -0.2) is 61.0 Å².